The third-order valence-electron chi connectivity index (χ3n) is 2.71. The van der Waals surface area contributed by atoms with E-state index in [2.05, 4.69) is 24.3 Å². The Bertz CT molecular complexity index is 482. The van der Waals surface area contributed by atoms with E-state index in [9.17, 15) is 4.79 Å². The number of aldehydes is 1. The van der Waals surface area contributed by atoms with Gasteiger partial charge in [0.15, 0.2) is 0 Å². The molecule has 1 atom stereocenters. The van der Waals surface area contributed by atoms with Crippen molar-refractivity contribution in [3.63, 3.8) is 0 Å². The lowest BCUT2D eigenvalue weighted by atomic mass is 10.0. The topological polar surface area (TPSA) is 43.1 Å². The van der Waals surface area contributed by atoms with Gasteiger partial charge >= 0.3 is 0 Å². The van der Waals surface area contributed by atoms with E-state index < -0.39 is 6.04 Å². The maximum atomic E-state index is 10.5. The Morgan fingerprint density at radius 1 is 0.944 bits per heavy atom. The lowest BCUT2D eigenvalue weighted by molar-refractivity contribution is -0.108. The van der Waals surface area contributed by atoms with Crippen LogP contribution in [0.5, 0.6) is 0 Å². The van der Waals surface area contributed by atoms with Crippen molar-refractivity contribution in [2.24, 2.45) is 5.73 Å². The molecule has 2 aromatic carbocycles. The van der Waals surface area contributed by atoms with E-state index >= 15 is 0 Å². The highest BCUT2D eigenvalue weighted by molar-refractivity contribution is 5.85. The SMILES string of the molecule is Cl.N[C@@H](C=O)Cc1ccc(-c2ccccc2)cc1. The summed E-state index contributed by atoms with van der Waals surface area (Å²) < 4.78 is 0. The molecule has 2 nitrogen and oxygen atoms in total. The molecule has 0 saturated heterocycles. The van der Waals surface area contributed by atoms with E-state index in [1.165, 1.54) is 11.1 Å². The Labute approximate surface area is 113 Å². The lowest BCUT2D eigenvalue weighted by Gasteiger charge is -2.06. The van der Waals surface area contributed by atoms with Crippen molar-refractivity contribution < 1.29 is 4.79 Å². The van der Waals surface area contributed by atoms with Gasteiger partial charge in [0.2, 0.25) is 0 Å². The smallest absolute Gasteiger partial charge is 0.137 e. The fraction of sp³-hybridized carbons (Fsp3) is 0.133. The molecule has 3 heteroatoms. The number of halogens is 1. The van der Waals surface area contributed by atoms with Crippen LogP contribution in [0.3, 0.4) is 0 Å². The summed E-state index contributed by atoms with van der Waals surface area (Å²) in [5, 5.41) is 0. The van der Waals surface area contributed by atoms with E-state index in [4.69, 9.17) is 5.73 Å². The summed E-state index contributed by atoms with van der Waals surface area (Å²) in [6.07, 6.45) is 1.38. The molecule has 0 unspecified atom stereocenters. The summed E-state index contributed by atoms with van der Waals surface area (Å²) in [6.45, 7) is 0. The van der Waals surface area contributed by atoms with Crippen LogP contribution in [0.15, 0.2) is 54.6 Å². The van der Waals surface area contributed by atoms with E-state index in [1.807, 2.05) is 30.3 Å². The molecule has 0 fully saturated rings. The molecule has 0 radical (unpaired) electrons. The molecule has 0 amide bonds. The van der Waals surface area contributed by atoms with Crippen LogP contribution < -0.4 is 5.73 Å². The van der Waals surface area contributed by atoms with Crippen LogP contribution in [-0.4, -0.2) is 12.3 Å². The zero-order valence-electron chi connectivity index (χ0n) is 9.95. The summed E-state index contributed by atoms with van der Waals surface area (Å²) in [4.78, 5) is 10.5. The van der Waals surface area contributed by atoms with E-state index in [0.717, 1.165) is 11.8 Å². The Kier molecular flexibility index (Phi) is 5.56. The van der Waals surface area contributed by atoms with Gasteiger partial charge in [-0.05, 0) is 23.1 Å². The first kappa shape index (κ1) is 14.4. The molecule has 2 N–H and O–H groups in total. The van der Waals surface area contributed by atoms with Crippen molar-refractivity contribution >= 4 is 18.7 Å². The van der Waals surface area contributed by atoms with Crippen LogP contribution >= 0.6 is 12.4 Å². The Balaban J connectivity index is 0.00000162. The van der Waals surface area contributed by atoms with Gasteiger partial charge in [0.1, 0.15) is 6.29 Å². The van der Waals surface area contributed by atoms with Gasteiger partial charge in [-0.15, -0.1) is 12.4 Å². The second-order valence-electron chi connectivity index (χ2n) is 4.07. The average Bonchev–Trinajstić information content (AvgIpc) is 2.40. The molecule has 2 rings (SSSR count). The first-order valence-corrected chi connectivity index (χ1v) is 5.65. The van der Waals surface area contributed by atoms with Crippen LogP contribution in [0, 0.1) is 0 Å². The monoisotopic (exact) mass is 261 g/mol. The molecule has 0 spiro atoms. The summed E-state index contributed by atoms with van der Waals surface area (Å²) in [7, 11) is 0. The van der Waals surface area contributed by atoms with Crippen LogP contribution in [0.25, 0.3) is 11.1 Å². The third kappa shape index (κ3) is 3.69. The summed E-state index contributed by atoms with van der Waals surface area (Å²) >= 11 is 0. The molecule has 18 heavy (non-hydrogen) atoms. The zero-order chi connectivity index (χ0) is 12.1. The molecular formula is C15H16ClNO. The van der Waals surface area contributed by atoms with Crippen LogP contribution in [-0.2, 0) is 11.2 Å². The second-order valence-corrected chi connectivity index (χ2v) is 4.07. The fourth-order valence-corrected chi connectivity index (χ4v) is 1.78. The van der Waals surface area contributed by atoms with Gasteiger partial charge in [-0.2, -0.15) is 0 Å². The molecule has 0 aliphatic carbocycles. The second kappa shape index (κ2) is 6.94. The lowest BCUT2D eigenvalue weighted by Crippen LogP contribution is -2.23. The van der Waals surface area contributed by atoms with Crippen molar-refractivity contribution in [1.82, 2.24) is 0 Å². The van der Waals surface area contributed by atoms with Crippen molar-refractivity contribution in [1.29, 1.82) is 0 Å². The van der Waals surface area contributed by atoms with Crippen molar-refractivity contribution in [2.75, 3.05) is 0 Å². The first-order valence-electron chi connectivity index (χ1n) is 5.65. The minimum atomic E-state index is -0.405. The predicted octanol–water partition coefficient (Wildman–Crippen LogP) is 2.84. The largest absolute Gasteiger partial charge is 0.321 e. The van der Waals surface area contributed by atoms with E-state index in [1.54, 1.807) is 0 Å². The van der Waals surface area contributed by atoms with E-state index in [-0.39, 0.29) is 12.4 Å². The van der Waals surface area contributed by atoms with Crippen LogP contribution in [0.4, 0.5) is 0 Å². The van der Waals surface area contributed by atoms with Gasteiger partial charge < -0.3 is 10.5 Å². The minimum absolute atomic E-state index is 0. The molecule has 94 valence electrons. The zero-order valence-corrected chi connectivity index (χ0v) is 10.8. The molecule has 0 aliphatic rings. The molecule has 0 heterocycles. The average molecular weight is 262 g/mol. The molecule has 0 aromatic heterocycles. The number of carbonyl (C=O) groups is 1. The molecule has 0 aliphatic heterocycles. The standard InChI is InChI=1S/C15H15NO.ClH/c16-15(11-17)10-12-6-8-14(9-7-12)13-4-2-1-3-5-13;/h1-9,11,15H,10,16H2;1H/t15-;/m1./s1. The van der Waals surface area contributed by atoms with Crippen LogP contribution in [0.1, 0.15) is 5.56 Å². The van der Waals surface area contributed by atoms with Gasteiger partial charge in [-0.25, -0.2) is 0 Å². The highest BCUT2D eigenvalue weighted by Gasteiger charge is 2.02. The van der Waals surface area contributed by atoms with Crippen molar-refractivity contribution in [3.05, 3.63) is 60.2 Å². The maximum absolute atomic E-state index is 10.5. The van der Waals surface area contributed by atoms with E-state index in [0.29, 0.717) is 6.42 Å². The van der Waals surface area contributed by atoms with Crippen LogP contribution in [0.2, 0.25) is 0 Å². The van der Waals surface area contributed by atoms with Gasteiger partial charge in [0.25, 0.3) is 0 Å². The molecule has 0 bridgehead atoms. The molecule has 2 aromatic rings. The van der Waals surface area contributed by atoms with Gasteiger partial charge in [0, 0.05) is 0 Å². The fourth-order valence-electron chi connectivity index (χ4n) is 1.78. The Morgan fingerprint density at radius 3 is 2.06 bits per heavy atom. The van der Waals surface area contributed by atoms with Crippen molar-refractivity contribution in [3.8, 4) is 11.1 Å². The Hall–Kier alpha value is -1.64. The summed E-state index contributed by atoms with van der Waals surface area (Å²) in [6, 6.07) is 17.9. The summed E-state index contributed by atoms with van der Waals surface area (Å²) in [5.41, 5.74) is 9.04. The quantitative estimate of drug-likeness (QED) is 0.860. The number of benzene rings is 2. The van der Waals surface area contributed by atoms with Gasteiger partial charge in [-0.3, -0.25) is 0 Å². The Morgan fingerprint density at radius 2 is 1.50 bits per heavy atom. The number of rotatable bonds is 4. The molecular weight excluding hydrogens is 246 g/mol. The third-order valence-corrected chi connectivity index (χ3v) is 2.71. The maximum Gasteiger partial charge on any atom is 0.137 e. The van der Waals surface area contributed by atoms with Crippen molar-refractivity contribution in [2.45, 2.75) is 12.5 Å². The summed E-state index contributed by atoms with van der Waals surface area (Å²) in [5.74, 6) is 0. The number of hydrogen-bond donors (Lipinski definition) is 1. The minimum Gasteiger partial charge on any atom is -0.321 e. The number of nitrogens with two attached hydrogens (primary N) is 1. The first-order chi connectivity index (χ1) is 8.29. The highest BCUT2D eigenvalue weighted by Crippen LogP contribution is 2.19. The molecule has 0 saturated carbocycles. The van der Waals surface area contributed by atoms with Gasteiger partial charge in [-0.1, -0.05) is 54.6 Å². The number of carbonyl (C=O) groups excluding carboxylic acids is 1. The highest BCUT2D eigenvalue weighted by atomic mass is 35.5. The predicted molar refractivity (Wildman–Crippen MR) is 76.9 cm³/mol. The van der Waals surface area contributed by atoms with Gasteiger partial charge in [0.05, 0.1) is 6.04 Å². The normalized spacial score (nSPS) is 11.4. The number of hydrogen-bond acceptors (Lipinski definition) is 2.